The first-order valence-corrected chi connectivity index (χ1v) is 9.41. The average Bonchev–Trinajstić information content (AvgIpc) is 3.17. The number of hydrogen-bond donors (Lipinski definition) is 0. The van der Waals surface area contributed by atoms with Gasteiger partial charge in [-0.1, -0.05) is 35.9 Å². The number of hydrogen-bond acceptors (Lipinski definition) is 5. The van der Waals surface area contributed by atoms with Crippen LogP contribution >= 0.6 is 0 Å². The van der Waals surface area contributed by atoms with Crippen LogP contribution in [0, 0.1) is 6.92 Å². The van der Waals surface area contributed by atoms with E-state index in [1.54, 1.807) is 11.9 Å². The Hall–Kier alpha value is -3.09. The highest BCUT2D eigenvalue weighted by molar-refractivity contribution is 6.05. The number of guanidine groups is 1. The third-order valence-corrected chi connectivity index (χ3v) is 5.78. The largest absolute Gasteiger partial charge is 0.328 e. The van der Waals surface area contributed by atoms with Gasteiger partial charge in [0, 0.05) is 25.0 Å². The third-order valence-electron chi connectivity index (χ3n) is 5.78. The zero-order valence-electron chi connectivity index (χ0n) is 16.7. The van der Waals surface area contributed by atoms with Crippen molar-refractivity contribution in [1.82, 2.24) is 19.6 Å². The number of rotatable bonds is 4. The van der Waals surface area contributed by atoms with Gasteiger partial charge < -0.3 is 9.80 Å². The van der Waals surface area contributed by atoms with Crippen molar-refractivity contribution < 1.29 is 9.59 Å². The molecule has 7 nitrogen and oxygen atoms in total. The molecule has 1 fully saturated rings. The number of aryl methyl sites for hydroxylation is 1. The lowest BCUT2D eigenvalue weighted by molar-refractivity contribution is -0.137. The Morgan fingerprint density at radius 1 is 1.07 bits per heavy atom. The van der Waals surface area contributed by atoms with Gasteiger partial charge in [0.2, 0.25) is 5.96 Å². The van der Waals surface area contributed by atoms with Crippen LogP contribution in [0.25, 0.3) is 0 Å². The summed E-state index contributed by atoms with van der Waals surface area (Å²) < 4.78 is 0. The van der Waals surface area contributed by atoms with Gasteiger partial charge in [-0.25, -0.2) is 9.79 Å². The number of likely N-dealkylation sites (N-methyl/N-ethyl adjacent to an activating group) is 1. The molecule has 3 aliphatic heterocycles. The Balaban J connectivity index is 1.67. The van der Waals surface area contributed by atoms with Crippen LogP contribution in [0.2, 0.25) is 0 Å². The molecule has 0 saturated carbocycles. The number of fused-ring (bicyclic) bond motifs is 3. The van der Waals surface area contributed by atoms with E-state index in [0.29, 0.717) is 6.54 Å². The van der Waals surface area contributed by atoms with Crippen LogP contribution in [-0.4, -0.2) is 63.3 Å². The average molecular weight is 379 g/mol. The molecule has 0 spiro atoms. The molecular weight excluding hydrogens is 354 g/mol. The smallest absolute Gasteiger partial charge is 0.311 e. The second-order valence-corrected chi connectivity index (χ2v) is 7.53. The van der Waals surface area contributed by atoms with Gasteiger partial charge in [0.15, 0.2) is 12.2 Å². The molecule has 146 valence electrons. The number of allylic oxidation sites excluding steroid dienone is 2. The van der Waals surface area contributed by atoms with Crippen LogP contribution in [0.5, 0.6) is 0 Å². The van der Waals surface area contributed by atoms with Gasteiger partial charge in [-0.05, 0) is 26.3 Å². The number of carbonyl (C=O) groups is 2. The van der Waals surface area contributed by atoms with Crippen molar-refractivity contribution in [3.63, 3.8) is 0 Å². The normalized spacial score (nSPS) is 24.1. The summed E-state index contributed by atoms with van der Waals surface area (Å²) in [5.74, 6) is 0.509. The van der Waals surface area contributed by atoms with Crippen LogP contribution in [0.15, 0.2) is 53.3 Å². The fourth-order valence-electron chi connectivity index (χ4n) is 4.05. The Labute approximate surface area is 165 Å². The summed E-state index contributed by atoms with van der Waals surface area (Å²) in [7, 11) is 1.71. The van der Waals surface area contributed by atoms with Crippen LogP contribution < -0.4 is 0 Å². The second kappa shape index (κ2) is 6.51. The van der Waals surface area contributed by atoms with Crippen molar-refractivity contribution in [3.8, 4) is 0 Å². The Morgan fingerprint density at radius 2 is 1.75 bits per heavy atom. The van der Waals surface area contributed by atoms with E-state index in [1.807, 2.05) is 60.9 Å². The minimum absolute atomic E-state index is 0.208. The Bertz CT molecular complexity index is 917. The summed E-state index contributed by atoms with van der Waals surface area (Å²) in [6, 6.07) is 7.03. The van der Waals surface area contributed by atoms with E-state index in [2.05, 4.69) is 6.58 Å². The summed E-state index contributed by atoms with van der Waals surface area (Å²) in [6.07, 6.45) is 1.30. The lowest BCUT2D eigenvalue weighted by Gasteiger charge is -2.40. The summed E-state index contributed by atoms with van der Waals surface area (Å²) in [5, 5.41) is 0. The van der Waals surface area contributed by atoms with E-state index < -0.39 is 12.2 Å². The number of carbonyl (C=O) groups excluding carboxylic acids is 2. The zero-order chi connectivity index (χ0) is 20.2. The van der Waals surface area contributed by atoms with E-state index in [1.165, 1.54) is 4.90 Å². The Kier molecular flexibility index (Phi) is 4.25. The van der Waals surface area contributed by atoms with Crippen molar-refractivity contribution in [1.29, 1.82) is 0 Å². The molecule has 3 heterocycles. The van der Waals surface area contributed by atoms with Crippen molar-refractivity contribution in [2.75, 3.05) is 13.6 Å². The number of urea groups is 1. The predicted octanol–water partition coefficient (Wildman–Crippen LogP) is 2.51. The van der Waals surface area contributed by atoms with Crippen molar-refractivity contribution in [2.45, 2.75) is 39.5 Å². The SMILES string of the molecule is C=CCN1C2=NC3C(C(=O)N(Cc4ccc(C)cc4)C(=O)N3C)N2C(C)=C1C. The molecule has 1 aromatic rings. The quantitative estimate of drug-likeness (QED) is 0.755. The third kappa shape index (κ3) is 2.53. The van der Waals surface area contributed by atoms with Gasteiger partial charge in [0.25, 0.3) is 5.91 Å². The van der Waals surface area contributed by atoms with E-state index in [4.69, 9.17) is 4.99 Å². The van der Waals surface area contributed by atoms with Gasteiger partial charge in [-0.2, -0.15) is 0 Å². The fraction of sp³-hybridized carbons (Fsp3) is 0.381. The maximum absolute atomic E-state index is 13.4. The summed E-state index contributed by atoms with van der Waals surface area (Å²) in [5.41, 5.74) is 4.10. The topological polar surface area (TPSA) is 59.5 Å². The van der Waals surface area contributed by atoms with E-state index in [0.717, 1.165) is 28.5 Å². The number of nitrogens with zero attached hydrogens (tertiary/aromatic N) is 5. The van der Waals surface area contributed by atoms with E-state index in [-0.39, 0.29) is 18.5 Å². The minimum Gasteiger partial charge on any atom is -0.311 e. The lowest BCUT2D eigenvalue weighted by Crippen LogP contribution is -2.64. The highest BCUT2D eigenvalue weighted by atomic mass is 16.2. The standard InChI is InChI=1S/C21H25N5O2/c1-6-11-24-14(3)15(4)26-17-18(22-20(24)26)23(5)21(28)25(19(17)27)12-16-9-7-13(2)8-10-16/h6-10,17-18H,1,11-12H2,2-5H3. The van der Waals surface area contributed by atoms with Gasteiger partial charge in [0.05, 0.1) is 6.54 Å². The molecule has 0 radical (unpaired) electrons. The highest BCUT2D eigenvalue weighted by Gasteiger charge is 2.55. The minimum atomic E-state index is -0.534. The number of imide groups is 1. The molecule has 3 amide bonds. The number of amides is 3. The second-order valence-electron chi connectivity index (χ2n) is 7.53. The number of benzene rings is 1. The molecular formula is C21H25N5O2. The highest BCUT2D eigenvalue weighted by Crippen LogP contribution is 2.37. The lowest BCUT2D eigenvalue weighted by atomic mass is 10.1. The molecule has 7 heteroatoms. The van der Waals surface area contributed by atoms with Crippen LogP contribution in [-0.2, 0) is 11.3 Å². The first-order valence-electron chi connectivity index (χ1n) is 9.41. The van der Waals surface area contributed by atoms with Gasteiger partial charge in [0.1, 0.15) is 0 Å². The van der Waals surface area contributed by atoms with Gasteiger partial charge in [-0.15, -0.1) is 6.58 Å². The summed E-state index contributed by atoms with van der Waals surface area (Å²) >= 11 is 0. The molecule has 1 saturated heterocycles. The molecule has 2 unspecified atom stereocenters. The molecule has 28 heavy (non-hydrogen) atoms. The number of aliphatic imine (C=N–C) groups is 1. The molecule has 2 atom stereocenters. The van der Waals surface area contributed by atoms with Crippen molar-refractivity contribution >= 4 is 17.9 Å². The fourth-order valence-corrected chi connectivity index (χ4v) is 4.05. The van der Waals surface area contributed by atoms with E-state index >= 15 is 0 Å². The molecule has 0 bridgehead atoms. The first kappa shape index (κ1) is 18.3. The van der Waals surface area contributed by atoms with Crippen LogP contribution in [0.1, 0.15) is 25.0 Å². The van der Waals surface area contributed by atoms with Crippen molar-refractivity contribution in [3.05, 3.63) is 59.4 Å². The van der Waals surface area contributed by atoms with Gasteiger partial charge in [-0.3, -0.25) is 14.6 Å². The zero-order valence-corrected chi connectivity index (χ0v) is 16.7. The van der Waals surface area contributed by atoms with Gasteiger partial charge >= 0.3 is 6.03 Å². The molecule has 1 aromatic carbocycles. The van der Waals surface area contributed by atoms with Crippen LogP contribution in [0.3, 0.4) is 0 Å². The molecule has 0 N–H and O–H groups in total. The maximum atomic E-state index is 13.4. The predicted molar refractivity (Wildman–Crippen MR) is 107 cm³/mol. The monoisotopic (exact) mass is 379 g/mol. The first-order chi connectivity index (χ1) is 13.3. The van der Waals surface area contributed by atoms with Crippen LogP contribution in [0.4, 0.5) is 4.79 Å². The Morgan fingerprint density at radius 3 is 2.39 bits per heavy atom. The maximum Gasteiger partial charge on any atom is 0.328 e. The molecule has 3 aliphatic rings. The summed E-state index contributed by atoms with van der Waals surface area (Å²) in [6.45, 7) is 10.7. The summed E-state index contributed by atoms with van der Waals surface area (Å²) in [4.78, 5) is 38.0. The molecule has 4 rings (SSSR count). The molecule has 0 aliphatic carbocycles. The van der Waals surface area contributed by atoms with Crippen molar-refractivity contribution in [2.24, 2.45) is 4.99 Å². The molecule has 0 aromatic heterocycles. The van der Waals surface area contributed by atoms with E-state index in [9.17, 15) is 9.59 Å².